The molecule has 242 valence electrons. The summed E-state index contributed by atoms with van der Waals surface area (Å²) in [6, 6.07) is 0. The van der Waals surface area contributed by atoms with Crippen molar-refractivity contribution in [2.45, 2.75) is 207 Å². The van der Waals surface area contributed by atoms with Gasteiger partial charge < -0.3 is 9.47 Å². The van der Waals surface area contributed by atoms with Gasteiger partial charge >= 0.3 is 11.9 Å². The fourth-order valence-corrected chi connectivity index (χ4v) is 5.23. The first-order valence-corrected chi connectivity index (χ1v) is 18.1. The van der Waals surface area contributed by atoms with Crippen molar-refractivity contribution in [2.75, 3.05) is 6.61 Å². The maximum Gasteiger partial charge on any atom is 0.306 e. The number of carbonyl (C=O) groups is 2. The van der Waals surface area contributed by atoms with Gasteiger partial charge in [0.05, 0.1) is 0 Å². The molecule has 0 aliphatic rings. The zero-order chi connectivity index (χ0) is 30.1. The van der Waals surface area contributed by atoms with Gasteiger partial charge in [-0.3, -0.25) is 9.59 Å². The first kappa shape index (κ1) is 39.7. The molecule has 0 aromatic carbocycles. The van der Waals surface area contributed by atoms with Gasteiger partial charge in [0, 0.05) is 12.8 Å². The molecule has 0 saturated carbocycles. The Hall–Kier alpha value is -1.32. The van der Waals surface area contributed by atoms with Crippen molar-refractivity contribution in [3.05, 3.63) is 12.2 Å². The molecular formula is C37H70O4. The van der Waals surface area contributed by atoms with Gasteiger partial charge in [0.2, 0.25) is 0 Å². The van der Waals surface area contributed by atoms with Crippen LogP contribution in [0.5, 0.6) is 0 Å². The van der Waals surface area contributed by atoms with Crippen molar-refractivity contribution in [1.29, 1.82) is 0 Å². The number of hydrogen-bond donors (Lipinski definition) is 0. The molecule has 0 radical (unpaired) electrons. The van der Waals surface area contributed by atoms with Gasteiger partial charge in [0.15, 0.2) is 0 Å². The highest BCUT2D eigenvalue weighted by Crippen LogP contribution is 2.14. The van der Waals surface area contributed by atoms with E-state index in [-0.39, 0.29) is 24.6 Å². The van der Waals surface area contributed by atoms with E-state index in [1.165, 1.54) is 141 Å². The monoisotopic (exact) mass is 579 g/mol. The minimum absolute atomic E-state index is 0.164. The number of carbonyl (C=O) groups excluding carboxylic acids is 2. The van der Waals surface area contributed by atoms with Crippen LogP contribution in [0.4, 0.5) is 0 Å². The molecule has 0 aliphatic carbocycles. The van der Waals surface area contributed by atoms with Crippen LogP contribution in [0.2, 0.25) is 0 Å². The maximum absolute atomic E-state index is 12.1. The second-order valence-electron chi connectivity index (χ2n) is 12.3. The number of unbranched alkanes of at least 4 members (excludes halogenated alkanes) is 23. The summed E-state index contributed by atoms with van der Waals surface area (Å²) in [5.41, 5.74) is 0. The van der Waals surface area contributed by atoms with Gasteiger partial charge in [-0.05, 0) is 45.4 Å². The van der Waals surface area contributed by atoms with Crippen LogP contribution in [0, 0.1) is 0 Å². The summed E-state index contributed by atoms with van der Waals surface area (Å²) in [5, 5.41) is 0. The van der Waals surface area contributed by atoms with Crippen LogP contribution < -0.4 is 0 Å². The van der Waals surface area contributed by atoms with Crippen molar-refractivity contribution < 1.29 is 19.1 Å². The summed E-state index contributed by atoms with van der Waals surface area (Å²) < 4.78 is 10.7. The van der Waals surface area contributed by atoms with E-state index < -0.39 is 0 Å². The topological polar surface area (TPSA) is 52.6 Å². The molecule has 0 spiro atoms. The Balaban J connectivity index is 3.43. The van der Waals surface area contributed by atoms with Crippen LogP contribution in [-0.2, 0) is 19.1 Å². The minimum Gasteiger partial charge on any atom is -0.462 e. The van der Waals surface area contributed by atoms with Gasteiger partial charge in [-0.15, -0.1) is 0 Å². The number of allylic oxidation sites excluding steroid dienone is 2. The predicted octanol–water partition coefficient (Wildman–Crippen LogP) is 12.0. The first-order valence-electron chi connectivity index (χ1n) is 18.1. The van der Waals surface area contributed by atoms with Crippen molar-refractivity contribution in [2.24, 2.45) is 0 Å². The van der Waals surface area contributed by atoms with Crippen molar-refractivity contribution in [3.63, 3.8) is 0 Å². The Morgan fingerprint density at radius 1 is 0.488 bits per heavy atom. The second-order valence-corrected chi connectivity index (χ2v) is 12.3. The molecule has 41 heavy (non-hydrogen) atoms. The lowest BCUT2D eigenvalue weighted by atomic mass is 10.0. The third kappa shape index (κ3) is 33.1. The fourth-order valence-electron chi connectivity index (χ4n) is 5.23. The zero-order valence-electron chi connectivity index (χ0n) is 27.9. The Morgan fingerprint density at radius 2 is 0.829 bits per heavy atom. The molecule has 0 aliphatic heterocycles. The van der Waals surface area contributed by atoms with E-state index in [1.807, 2.05) is 0 Å². The Bertz CT molecular complexity index is 585. The average molecular weight is 579 g/mol. The smallest absolute Gasteiger partial charge is 0.306 e. The molecule has 0 amide bonds. The minimum atomic E-state index is -0.372. The maximum atomic E-state index is 12.1. The summed E-state index contributed by atoms with van der Waals surface area (Å²) >= 11 is 0. The summed E-state index contributed by atoms with van der Waals surface area (Å²) in [5.74, 6) is -0.346. The number of ether oxygens (including phenoxy) is 2. The predicted molar refractivity (Wildman–Crippen MR) is 176 cm³/mol. The molecule has 0 bridgehead atoms. The van der Waals surface area contributed by atoms with E-state index in [4.69, 9.17) is 9.47 Å². The molecule has 0 fully saturated rings. The van der Waals surface area contributed by atoms with E-state index in [2.05, 4.69) is 26.0 Å². The summed E-state index contributed by atoms with van der Waals surface area (Å²) in [6.45, 7) is 6.49. The molecule has 0 rings (SSSR count). The van der Waals surface area contributed by atoms with Gasteiger partial charge in [-0.1, -0.05) is 154 Å². The molecular weight excluding hydrogens is 508 g/mol. The van der Waals surface area contributed by atoms with Crippen molar-refractivity contribution >= 4 is 11.9 Å². The van der Waals surface area contributed by atoms with Crippen LogP contribution >= 0.6 is 0 Å². The number of rotatable bonds is 32. The van der Waals surface area contributed by atoms with E-state index >= 15 is 0 Å². The standard InChI is InChI=1S/C37H70O4/c1-4-6-8-10-12-14-16-18-19-21-23-25-27-29-31-33-37(39)41-35(3)34-40-36(38)32-30-28-26-24-22-20-17-15-13-11-9-7-5-2/h14,16,35H,4-13,15,17-34H2,1-3H3/b16-14+/t35-/m0/s1. The molecule has 4 heteroatoms. The Morgan fingerprint density at radius 3 is 1.27 bits per heavy atom. The molecule has 0 heterocycles. The lowest BCUT2D eigenvalue weighted by Gasteiger charge is -2.13. The van der Waals surface area contributed by atoms with Crippen molar-refractivity contribution in [1.82, 2.24) is 0 Å². The first-order chi connectivity index (χ1) is 20.1. The average Bonchev–Trinajstić information content (AvgIpc) is 2.96. The Kier molecular flexibility index (Phi) is 32.1. The summed E-state index contributed by atoms with van der Waals surface area (Å²) in [7, 11) is 0. The lowest BCUT2D eigenvalue weighted by Crippen LogP contribution is -2.22. The van der Waals surface area contributed by atoms with Gasteiger partial charge in [0.25, 0.3) is 0 Å². The van der Waals surface area contributed by atoms with Gasteiger partial charge in [-0.2, -0.15) is 0 Å². The zero-order valence-corrected chi connectivity index (χ0v) is 27.9. The fraction of sp³-hybridized carbons (Fsp3) is 0.892. The lowest BCUT2D eigenvalue weighted by molar-refractivity contribution is -0.158. The summed E-state index contributed by atoms with van der Waals surface area (Å²) in [6.07, 6.45) is 38.2. The molecule has 0 aromatic heterocycles. The normalized spacial score (nSPS) is 12.2. The SMILES string of the molecule is CCCCCC/C=C/CCCCCCCCCC(=O)O[C@@H](C)COC(=O)CCCCCCCCCCCCCCC. The molecule has 4 nitrogen and oxygen atoms in total. The molecule has 0 saturated heterocycles. The number of hydrogen-bond acceptors (Lipinski definition) is 4. The largest absolute Gasteiger partial charge is 0.462 e. The van der Waals surface area contributed by atoms with E-state index in [1.54, 1.807) is 6.92 Å². The summed E-state index contributed by atoms with van der Waals surface area (Å²) in [4.78, 5) is 24.1. The number of esters is 2. The molecule has 0 aromatic rings. The van der Waals surface area contributed by atoms with Crippen LogP contribution in [0.25, 0.3) is 0 Å². The van der Waals surface area contributed by atoms with E-state index in [9.17, 15) is 9.59 Å². The highest BCUT2D eigenvalue weighted by Gasteiger charge is 2.12. The third-order valence-corrected chi connectivity index (χ3v) is 7.94. The van der Waals surface area contributed by atoms with Crippen LogP contribution in [0.1, 0.15) is 201 Å². The van der Waals surface area contributed by atoms with Crippen LogP contribution in [0.3, 0.4) is 0 Å². The van der Waals surface area contributed by atoms with Gasteiger partial charge in [-0.25, -0.2) is 0 Å². The third-order valence-electron chi connectivity index (χ3n) is 7.94. The quantitative estimate of drug-likeness (QED) is 0.0452. The molecule has 0 unspecified atom stereocenters. The van der Waals surface area contributed by atoms with E-state index in [0.717, 1.165) is 25.7 Å². The second kappa shape index (κ2) is 33.2. The highest BCUT2D eigenvalue weighted by molar-refractivity contribution is 5.70. The Labute approximate surface area is 256 Å². The van der Waals surface area contributed by atoms with Crippen molar-refractivity contribution in [3.8, 4) is 0 Å². The molecule has 1 atom stereocenters. The molecule has 0 N–H and O–H groups in total. The highest BCUT2D eigenvalue weighted by atomic mass is 16.6. The van der Waals surface area contributed by atoms with Gasteiger partial charge in [0.1, 0.15) is 12.7 Å². The van der Waals surface area contributed by atoms with E-state index in [0.29, 0.717) is 12.8 Å². The van der Waals surface area contributed by atoms with Crippen LogP contribution in [0.15, 0.2) is 12.2 Å². The van der Waals surface area contributed by atoms with Crippen LogP contribution in [-0.4, -0.2) is 24.6 Å².